The van der Waals surface area contributed by atoms with Gasteiger partial charge in [-0.15, -0.1) is 0 Å². The second-order valence-corrected chi connectivity index (χ2v) is 11.1. The van der Waals surface area contributed by atoms with Gasteiger partial charge >= 0.3 is 0 Å². The Morgan fingerprint density at radius 3 is 2.31 bits per heavy atom. The van der Waals surface area contributed by atoms with Crippen molar-refractivity contribution in [3.8, 4) is 0 Å². The average molecular weight is 440 g/mol. The molecule has 3 aliphatic rings. The first-order chi connectivity index (χ1) is 15.4. The van der Waals surface area contributed by atoms with Crippen LogP contribution in [-0.4, -0.2) is 83.1 Å². The highest BCUT2D eigenvalue weighted by Gasteiger charge is 2.32. The number of carbonyl (C=O) groups is 1. The Labute approximate surface area is 191 Å². The van der Waals surface area contributed by atoms with Gasteiger partial charge < -0.3 is 14.3 Å². The summed E-state index contributed by atoms with van der Waals surface area (Å²) >= 11 is 0. The second kappa shape index (κ2) is 8.75. The summed E-state index contributed by atoms with van der Waals surface area (Å²) in [6, 6.07) is 2.03. The van der Waals surface area contributed by atoms with Crippen molar-refractivity contribution in [2.75, 3.05) is 52.4 Å². The fraction of sp³-hybridized carbons (Fsp3) is 0.720. The zero-order valence-corrected chi connectivity index (χ0v) is 19.9. The van der Waals surface area contributed by atoms with Crippen molar-refractivity contribution in [2.45, 2.75) is 58.8 Å². The molecule has 1 saturated carbocycles. The highest BCUT2D eigenvalue weighted by molar-refractivity contribution is 6.06. The van der Waals surface area contributed by atoms with Crippen LogP contribution in [-0.2, 0) is 6.42 Å². The summed E-state index contributed by atoms with van der Waals surface area (Å²) in [5.41, 5.74) is 3.17. The van der Waals surface area contributed by atoms with Crippen LogP contribution in [0.2, 0.25) is 0 Å². The smallest absolute Gasteiger partial charge is 0.259 e. The molecule has 7 heteroatoms. The molecule has 2 aliphatic heterocycles. The van der Waals surface area contributed by atoms with Gasteiger partial charge in [0.2, 0.25) is 0 Å². The average Bonchev–Trinajstić information content (AvgIpc) is 3.35. The number of amides is 1. The normalized spacial score (nSPS) is 21.0. The van der Waals surface area contributed by atoms with Crippen LogP contribution in [0.1, 0.15) is 74.1 Å². The van der Waals surface area contributed by atoms with Crippen LogP contribution in [0.4, 0.5) is 0 Å². The molecule has 0 aromatic carbocycles. The van der Waals surface area contributed by atoms with Crippen LogP contribution in [0.3, 0.4) is 0 Å². The van der Waals surface area contributed by atoms with Crippen LogP contribution in [0.25, 0.3) is 11.1 Å². The molecule has 4 heterocycles. The lowest BCUT2D eigenvalue weighted by molar-refractivity contribution is 0.0628. The minimum atomic E-state index is 0.0558. The molecule has 1 amide bonds. The number of aromatic nitrogens is 2. The minimum Gasteiger partial charge on any atom is -0.336 e. The Bertz CT molecular complexity index is 961. The predicted octanol–water partition coefficient (Wildman–Crippen LogP) is 3.54. The van der Waals surface area contributed by atoms with Gasteiger partial charge in [0, 0.05) is 50.9 Å². The molecule has 174 valence electrons. The number of piperazine rings is 1. The topological polar surface area (TPSA) is 65.7 Å². The van der Waals surface area contributed by atoms with Crippen LogP contribution in [0.15, 0.2) is 10.6 Å². The number of fused-ring (bicyclic) bond motifs is 1. The van der Waals surface area contributed by atoms with E-state index in [1.165, 1.54) is 25.9 Å². The Balaban J connectivity index is 1.32. The SMILES string of the molecule is CC(C)(C)Cc1noc2nc(C3CC3)cc(C(=O)N3CCN(CCN4CCCC4)CC3)c12. The lowest BCUT2D eigenvalue weighted by Gasteiger charge is -2.35. The van der Waals surface area contributed by atoms with E-state index in [0.717, 1.165) is 80.9 Å². The van der Waals surface area contributed by atoms with Crippen LogP contribution in [0.5, 0.6) is 0 Å². The number of likely N-dealkylation sites (tertiary alicyclic amines) is 1. The Morgan fingerprint density at radius 2 is 1.69 bits per heavy atom. The summed E-state index contributed by atoms with van der Waals surface area (Å²) < 4.78 is 5.64. The zero-order chi connectivity index (χ0) is 22.3. The highest BCUT2D eigenvalue weighted by atomic mass is 16.5. The van der Waals surface area contributed by atoms with E-state index in [9.17, 15) is 4.79 Å². The van der Waals surface area contributed by atoms with Gasteiger partial charge in [-0.3, -0.25) is 9.69 Å². The van der Waals surface area contributed by atoms with Gasteiger partial charge in [-0.1, -0.05) is 25.9 Å². The Morgan fingerprint density at radius 1 is 1.03 bits per heavy atom. The van der Waals surface area contributed by atoms with Crippen molar-refractivity contribution < 1.29 is 9.32 Å². The van der Waals surface area contributed by atoms with Gasteiger partial charge in [-0.2, -0.15) is 0 Å². The Kier molecular flexibility index (Phi) is 5.97. The molecule has 32 heavy (non-hydrogen) atoms. The third-order valence-electron chi connectivity index (χ3n) is 7.05. The van der Waals surface area contributed by atoms with E-state index in [2.05, 4.69) is 35.7 Å². The molecule has 0 radical (unpaired) electrons. The largest absolute Gasteiger partial charge is 0.336 e. The number of carbonyl (C=O) groups excluding carboxylic acids is 1. The molecule has 2 aromatic rings. The fourth-order valence-electron chi connectivity index (χ4n) is 5.04. The molecule has 7 nitrogen and oxygen atoms in total. The molecule has 5 rings (SSSR count). The Hall–Kier alpha value is -1.99. The van der Waals surface area contributed by atoms with Gasteiger partial charge in [0.25, 0.3) is 11.6 Å². The molecule has 0 unspecified atom stereocenters. The second-order valence-electron chi connectivity index (χ2n) is 11.1. The minimum absolute atomic E-state index is 0.0558. The van der Waals surface area contributed by atoms with Crippen LogP contribution >= 0.6 is 0 Å². The first-order valence-electron chi connectivity index (χ1n) is 12.4. The van der Waals surface area contributed by atoms with E-state index in [-0.39, 0.29) is 11.3 Å². The third-order valence-corrected chi connectivity index (χ3v) is 7.05. The molecule has 2 aromatic heterocycles. The monoisotopic (exact) mass is 439 g/mol. The number of rotatable bonds is 6. The van der Waals surface area contributed by atoms with Gasteiger partial charge in [0.05, 0.1) is 16.6 Å². The summed E-state index contributed by atoms with van der Waals surface area (Å²) in [6.45, 7) is 14.7. The van der Waals surface area contributed by atoms with E-state index in [0.29, 0.717) is 11.6 Å². The van der Waals surface area contributed by atoms with Gasteiger partial charge in [-0.25, -0.2) is 4.98 Å². The molecule has 0 N–H and O–H groups in total. The van der Waals surface area contributed by atoms with Gasteiger partial charge in [0.1, 0.15) is 0 Å². The zero-order valence-electron chi connectivity index (χ0n) is 19.9. The summed E-state index contributed by atoms with van der Waals surface area (Å²) in [5.74, 6) is 0.571. The van der Waals surface area contributed by atoms with Gasteiger partial charge in [0.15, 0.2) is 0 Å². The third kappa shape index (κ3) is 4.84. The fourth-order valence-corrected chi connectivity index (χ4v) is 5.04. The predicted molar refractivity (Wildman–Crippen MR) is 125 cm³/mol. The van der Waals surface area contributed by atoms with Gasteiger partial charge in [-0.05, 0) is 56.7 Å². The van der Waals surface area contributed by atoms with Crippen molar-refractivity contribution in [3.05, 3.63) is 23.0 Å². The number of nitrogens with zero attached hydrogens (tertiary/aromatic N) is 5. The summed E-state index contributed by atoms with van der Waals surface area (Å²) in [4.78, 5) is 25.5. The molecule has 0 bridgehead atoms. The van der Waals surface area contributed by atoms with Crippen molar-refractivity contribution in [1.29, 1.82) is 0 Å². The maximum absolute atomic E-state index is 13.7. The summed E-state index contributed by atoms with van der Waals surface area (Å²) in [7, 11) is 0. The number of hydrogen-bond donors (Lipinski definition) is 0. The first kappa shape index (κ1) is 21.8. The van der Waals surface area contributed by atoms with Crippen LogP contribution < -0.4 is 0 Å². The quantitative estimate of drug-likeness (QED) is 0.686. The van der Waals surface area contributed by atoms with E-state index in [4.69, 9.17) is 9.51 Å². The molecule has 3 fully saturated rings. The summed E-state index contributed by atoms with van der Waals surface area (Å²) in [5, 5.41) is 5.17. The molecular weight excluding hydrogens is 402 g/mol. The van der Waals surface area contributed by atoms with E-state index in [1.54, 1.807) is 0 Å². The molecule has 0 atom stereocenters. The van der Waals surface area contributed by atoms with Crippen molar-refractivity contribution >= 4 is 17.0 Å². The molecule has 2 saturated heterocycles. The van der Waals surface area contributed by atoms with Crippen molar-refractivity contribution in [3.63, 3.8) is 0 Å². The van der Waals surface area contributed by atoms with Crippen LogP contribution in [0, 0.1) is 5.41 Å². The molecular formula is C25H37N5O2. The van der Waals surface area contributed by atoms with E-state index >= 15 is 0 Å². The number of hydrogen-bond acceptors (Lipinski definition) is 6. The van der Waals surface area contributed by atoms with E-state index < -0.39 is 0 Å². The highest BCUT2D eigenvalue weighted by Crippen LogP contribution is 2.41. The first-order valence-corrected chi connectivity index (χ1v) is 12.4. The maximum Gasteiger partial charge on any atom is 0.259 e. The van der Waals surface area contributed by atoms with Crippen molar-refractivity contribution in [1.82, 2.24) is 24.8 Å². The van der Waals surface area contributed by atoms with E-state index in [1.807, 2.05) is 11.0 Å². The standard InChI is InChI=1S/C25H37N5O2/c1-25(2,3)17-21-22-19(16-20(18-6-7-18)26-23(22)32-27-21)24(31)30-14-12-29(13-15-30)11-10-28-8-4-5-9-28/h16,18H,4-15,17H2,1-3H3. The number of pyridine rings is 1. The molecule has 1 aliphatic carbocycles. The lowest BCUT2D eigenvalue weighted by atomic mass is 9.89. The maximum atomic E-state index is 13.7. The molecule has 0 spiro atoms. The lowest BCUT2D eigenvalue weighted by Crippen LogP contribution is -2.50. The van der Waals surface area contributed by atoms with Crippen molar-refractivity contribution in [2.24, 2.45) is 5.41 Å². The summed E-state index contributed by atoms with van der Waals surface area (Å²) in [6.07, 6.45) is 5.72.